The van der Waals surface area contributed by atoms with Crippen LogP contribution >= 0.6 is 0 Å². The Morgan fingerprint density at radius 1 is 1.70 bits per heavy atom. The van der Waals surface area contributed by atoms with Crippen LogP contribution in [0.4, 0.5) is 0 Å². The smallest absolute Gasteiger partial charge is 0.284 e. The number of hydrogen-bond donors (Lipinski definition) is 2. The summed E-state index contributed by atoms with van der Waals surface area (Å²) in [6.07, 6.45) is 0.178. The minimum absolute atomic E-state index is 0.178. The lowest BCUT2D eigenvalue weighted by Gasteiger charge is -2.21. The summed E-state index contributed by atoms with van der Waals surface area (Å²) in [6, 6.07) is 0. The Morgan fingerprint density at radius 3 is 2.50 bits per heavy atom. The number of carbonyl (C=O) groups excluding carboxylic acids is 2. The summed E-state index contributed by atoms with van der Waals surface area (Å²) in [7, 11) is 0. The van der Waals surface area contributed by atoms with E-state index >= 15 is 0 Å². The zero-order valence-corrected chi connectivity index (χ0v) is 6.05. The molecule has 4 heteroatoms. The van der Waals surface area contributed by atoms with Crippen LogP contribution in [0.5, 0.6) is 0 Å². The zero-order chi connectivity index (χ0) is 8.20. The van der Waals surface area contributed by atoms with Crippen LogP contribution in [0.3, 0.4) is 0 Å². The topological polar surface area (TPSA) is 66.4 Å². The fourth-order valence-corrected chi connectivity index (χ4v) is 0.403. The highest BCUT2D eigenvalue weighted by atomic mass is 16.3. The Bertz CT molecular complexity index is 142. The third kappa shape index (κ3) is 3.19. The van der Waals surface area contributed by atoms with Crippen LogP contribution in [0, 0.1) is 0 Å². The lowest BCUT2D eigenvalue weighted by atomic mass is 10.1. The van der Waals surface area contributed by atoms with Crippen molar-refractivity contribution in [1.29, 1.82) is 0 Å². The van der Waals surface area contributed by atoms with Crippen LogP contribution in [0.15, 0.2) is 0 Å². The molecule has 0 heterocycles. The highest BCUT2D eigenvalue weighted by molar-refractivity contribution is 6.23. The number of carbonyl (C=O) groups is 2. The molecule has 0 unspecified atom stereocenters. The van der Waals surface area contributed by atoms with Gasteiger partial charge in [0.05, 0.1) is 12.1 Å². The SMILES string of the molecule is CC(C)(CO)NC(=O)C=O. The maximum Gasteiger partial charge on any atom is 0.284 e. The van der Waals surface area contributed by atoms with Crippen molar-refractivity contribution in [3.63, 3.8) is 0 Å². The number of nitrogens with one attached hydrogen (secondary N) is 1. The van der Waals surface area contributed by atoms with E-state index < -0.39 is 11.4 Å². The second-order valence-corrected chi connectivity index (χ2v) is 2.65. The van der Waals surface area contributed by atoms with Crippen molar-refractivity contribution in [2.24, 2.45) is 0 Å². The van der Waals surface area contributed by atoms with Crippen LogP contribution in [-0.2, 0) is 9.59 Å². The summed E-state index contributed by atoms with van der Waals surface area (Å²) >= 11 is 0. The molecule has 0 saturated heterocycles. The van der Waals surface area contributed by atoms with Gasteiger partial charge in [-0.15, -0.1) is 0 Å². The monoisotopic (exact) mass is 145 g/mol. The molecule has 0 aliphatic carbocycles. The average Bonchev–Trinajstić information content (AvgIpc) is 1.87. The van der Waals surface area contributed by atoms with Gasteiger partial charge in [0.2, 0.25) is 6.29 Å². The summed E-state index contributed by atoms with van der Waals surface area (Å²) < 4.78 is 0. The van der Waals surface area contributed by atoms with Gasteiger partial charge < -0.3 is 10.4 Å². The molecule has 0 radical (unpaired) electrons. The molecule has 0 saturated carbocycles. The van der Waals surface area contributed by atoms with E-state index in [-0.39, 0.29) is 12.9 Å². The Morgan fingerprint density at radius 2 is 2.20 bits per heavy atom. The van der Waals surface area contributed by atoms with E-state index in [4.69, 9.17) is 5.11 Å². The maximum atomic E-state index is 10.4. The van der Waals surface area contributed by atoms with E-state index in [0.717, 1.165) is 0 Å². The van der Waals surface area contributed by atoms with Crippen molar-refractivity contribution in [2.45, 2.75) is 19.4 Å². The largest absolute Gasteiger partial charge is 0.394 e. The second kappa shape index (κ2) is 3.31. The molecule has 10 heavy (non-hydrogen) atoms. The van der Waals surface area contributed by atoms with Gasteiger partial charge in [-0.1, -0.05) is 0 Å². The van der Waals surface area contributed by atoms with E-state index in [2.05, 4.69) is 5.32 Å². The van der Waals surface area contributed by atoms with E-state index in [0.29, 0.717) is 0 Å². The van der Waals surface area contributed by atoms with Gasteiger partial charge in [-0.25, -0.2) is 0 Å². The van der Waals surface area contributed by atoms with Gasteiger partial charge in [0.25, 0.3) is 5.91 Å². The first-order chi connectivity index (χ1) is 4.52. The Kier molecular flexibility index (Phi) is 3.02. The summed E-state index contributed by atoms with van der Waals surface area (Å²) in [5.41, 5.74) is -0.710. The molecule has 0 aliphatic rings. The average molecular weight is 145 g/mol. The van der Waals surface area contributed by atoms with Crippen LogP contribution in [-0.4, -0.2) is 29.4 Å². The van der Waals surface area contributed by atoms with Crippen molar-refractivity contribution in [3.05, 3.63) is 0 Å². The number of aldehydes is 1. The first-order valence-electron chi connectivity index (χ1n) is 2.90. The van der Waals surface area contributed by atoms with Crippen LogP contribution in [0.1, 0.15) is 13.8 Å². The van der Waals surface area contributed by atoms with E-state index in [1.54, 1.807) is 13.8 Å². The number of hydrogen-bond acceptors (Lipinski definition) is 3. The van der Waals surface area contributed by atoms with Gasteiger partial charge in [-0.2, -0.15) is 0 Å². The molecular formula is C6H11NO3. The minimum Gasteiger partial charge on any atom is -0.394 e. The molecule has 0 aromatic rings. The normalized spacial score (nSPS) is 10.7. The van der Waals surface area contributed by atoms with Crippen molar-refractivity contribution in [2.75, 3.05) is 6.61 Å². The first-order valence-corrected chi connectivity index (χ1v) is 2.90. The first kappa shape index (κ1) is 9.10. The predicted molar refractivity (Wildman–Crippen MR) is 35.4 cm³/mol. The number of amides is 1. The van der Waals surface area contributed by atoms with Crippen LogP contribution in [0.25, 0.3) is 0 Å². The third-order valence-electron chi connectivity index (χ3n) is 0.964. The molecule has 2 N–H and O–H groups in total. The fraction of sp³-hybridized carbons (Fsp3) is 0.667. The molecule has 1 amide bonds. The van der Waals surface area contributed by atoms with Gasteiger partial charge in [0, 0.05) is 0 Å². The van der Waals surface area contributed by atoms with Crippen LogP contribution < -0.4 is 5.32 Å². The predicted octanol–water partition coefficient (Wildman–Crippen LogP) is -0.928. The summed E-state index contributed by atoms with van der Waals surface area (Å²) in [4.78, 5) is 20.2. The van der Waals surface area contributed by atoms with Gasteiger partial charge in [0.15, 0.2) is 0 Å². The summed E-state index contributed by atoms with van der Waals surface area (Å²) in [5.74, 6) is -0.709. The standard InChI is InChI=1S/C6H11NO3/c1-6(2,4-9)7-5(10)3-8/h3,9H,4H2,1-2H3,(H,7,10). The fourth-order valence-electron chi connectivity index (χ4n) is 0.403. The molecular weight excluding hydrogens is 134 g/mol. The lowest BCUT2D eigenvalue weighted by Crippen LogP contribution is -2.46. The number of aliphatic hydroxyl groups is 1. The molecule has 0 atom stereocenters. The lowest BCUT2D eigenvalue weighted by molar-refractivity contribution is -0.132. The maximum absolute atomic E-state index is 10.4. The molecule has 0 rings (SSSR count). The van der Waals surface area contributed by atoms with Crippen LogP contribution in [0.2, 0.25) is 0 Å². The molecule has 0 aromatic carbocycles. The highest BCUT2D eigenvalue weighted by Crippen LogP contribution is 1.97. The third-order valence-corrected chi connectivity index (χ3v) is 0.964. The van der Waals surface area contributed by atoms with Gasteiger partial charge >= 0.3 is 0 Å². The Hall–Kier alpha value is -0.900. The Labute approximate surface area is 59.2 Å². The van der Waals surface area contributed by atoms with E-state index in [1.807, 2.05) is 0 Å². The van der Waals surface area contributed by atoms with Crippen molar-refractivity contribution in [3.8, 4) is 0 Å². The van der Waals surface area contributed by atoms with Crippen molar-refractivity contribution >= 4 is 12.2 Å². The molecule has 58 valence electrons. The summed E-state index contributed by atoms with van der Waals surface area (Å²) in [5, 5.41) is 10.9. The zero-order valence-electron chi connectivity index (χ0n) is 6.05. The van der Waals surface area contributed by atoms with Gasteiger partial charge in [-0.3, -0.25) is 9.59 Å². The quantitative estimate of drug-likeness (QED) is 0.398. The molecule has 0 fully saturated rings. The molecule has 4 nitrogen and oxygen atoms in total. The number of aliphatic hydroxyl groups excluding tert-OH is 1. The second-order valence-electron chi connectivity index (χ2n) is 2.65. The van der Waals surface area contributed by atoms with E-state index in [1.165, 1.54) is 0 Å². The molecule has 0 bridgehead atoms. The van der Waals surface area contributed by atoms with E-state index in [9.17, 15) is 9.59 Å². The summed E-state index contributed by atoms with van der Waals surface area (Å²) in [6.45, 7) is 3.05. The van der Waals surface area contributed by atoms with Crippen molar-refractivity contribution < 1.29 is 14.7 Å². The minimum atomic E-state index is -0.710. The van der Waals surface area contributed by atoms with Crippen molar-refractivity contribution in [1.82, 2.24) is 5.32 Å². The molecule has 0 aromatic heterocycles. The van der Waals surface area contributed by atoms with Gasteiger partial charge in [-0.05, 0) is 13.8 Å². The van der Waals surface area contributed by atoms with Gasteiger partial charge in [0.1, 0.15) is 0 Å². The molecule has 0 aliphatic heterocycles. The molecule has 0 spiro atoms. The number of rotatable bonds is 3. The highest BCUT2D eigenvalue weighted by Gasteiger charge is 2.17. The Balaban J connectivity index is 3.87.